The fourth-order valence-electron chi connectivity index (χ4n) is 5.46. The summed E-state index contributed by atoms with van der Waals surface area (Å²) in [5.41, 5.74) is 0. The number of likely N-dealkylation sites (N-methyl/N-ethyl adjacent to an activating group) is 1. The number of carbonyl (C=O) groups excluding carboxylic acids is 2. The molecule has 9 nitrogen and oxygen atoms in total. The first-order valence-electron chi connectivity index (χ1n) is 21.9. The summed E-state index contributed by atoms with van der Waals surface area (Å²) in [5.74, 6) is -0.899. The molecule has 0 rings (SSSR count). The Bertz CT molecular complexity index is 1150. The Morgan fingerprint density at radius 1 is 0.554 bits per heavy atom. The summed E-state index contributed by atoms with van der Waals surface area (Å²) < 4.78 is 33.1. The summed E-state index contributed by atoms with van der Waals surface area (Å²) in [6.45, 7) is 4.09. The van der Waals surface area contributed by atoms with Gasteiger partial charge in [-0.1, -0.05) is 145 Å². The lowest BCUT2D eigenvalue weighted by Gasteiger charge is -2.20. The molecule has 0 aliphatic rings. The summed E-state index contributed by atoms with van der Waals surface area (Å²) in [7, 11) is -2.68. The predicted molar refractivity (Wildman–Crippen MR) is 233 cm³/mol. The molecular formula is C46H80NO8P. The van der Waals surface area contributed by atoms with E-state index in [1.807, 2.05) is 0 Å². The van der Waals surface area contributed by atoms with Crippen molar-refractivity contribution in [3.63, 3.8) is 0 Å². The standard InChI is InChI=1S/C46H80NO8P/c1-4-6-8-10-12-14-16-18-20-22-24-26-28-30-32-34-36-38-45(48)52-42-44(43-54-56(50,51)53-41-40-47-3)55-46(49)39-37-35-33-31-29-27-25-23-21-19-17-15-13-11-9-7-5-2/h13,15,18-21,24-27,30,32,44,47H,4-12,14,16-17,22-23,28-29,31,33-43H2,1-3H3,(H,50,51)/b15-13-,20-18-,21-19-,26-24-,27-25-,32-30-. The Labute approximate surface area is 342 Å². The maximum absolute atomic E-state index is 12.6. The first-order chi connectivity index (χ1) is 27.3. The van der Waals surface area contributed by atoms with Gasteiger partial charge in [0, 0.05) is 19.4 Å². The molecule has 0 heterocycles. The molecule has 0 aliphatic heterocycles. The Balaban J connectivity index is 4.37. The monoisotopic (exact) mass is 806 g/mol. The first-order valence-corrected chi connectivity index (χ1v) is 23.4. The normalized spacial score (nSPS) is 14.0. The lowest BCUT2D eigenvalue weighted by atomic mass is 10.1. The Hall–Kier alpha value is -2.55. The largest absolute Gasteiger partial charge is 0.472 e. The molecule has 0 radical (unpaired) electrons. The van der Waals surface area contributed by atoms with E-state index in [1.165, 1.54) is 64.2 Å². The number of unbranched alkanes of at least 4 members (excludes halogenated alkanes) is 14. The summed E-state index contributed by atoms with van der Waals surface area (Å²) in [5, 5.41) is 2.81. The second-order valence-corrected chi connectivity index (χ2v) is 15.6. The third-order valence-electron chi connectivity index (χ3n) is 8.80. The van der Waals surface area contributed by atoms with Crippen molar-refractivity contribution in [2.24, 2.45) is 0 Å². The van der Waals surface area contributed by atoms with Crippen molar-refractivity contribution in [3.05, 3.63) is 72.9 Å². The first kappa shape index (κ1) is 53.5. The molecule has 0 aromatic rings. The third-order valence-corrected chi connectivity index (χ3v) is 9.78. The van der Waals surface area contributed by atoms with Gasteiger partial charge in [-0.15, -0.1) is 0 Å². The molecule has 2 N–H and O–H groups in total. The van der Waals surface area contributed by atoms with Crippen LogP contribution < -0.4 is 5.32 Å². The SMILES string of the molecule is CCCCC/C=C\C/C=C\C/C=C\CCCCCCC(=O)OC(COC(=O)CCC/C=C\C/C=C\C/C=C\CCCCCCCC)COP(=O)(O)OCCNC. The highest BCUT2D eigenvalue weighted by atomic mass is 31.2. The number of esters is 2. The van der Waals surface area contributed by atoms with Crippen LogP contribution in [-0.4, -0.2) is 56.3 Å². The van der Waals surface area contributed by atoms with Crippen LogP contribution >= 0.6 is 7.82 Å². The summed E-state index contributed by atoms with van der Waals surface area (Å²) in [4.78, 5) is 35.0. The van der Waals surface area contributed by atoms with Gasteiger partial charge in [-0.3, -0.25) is 18.6 Å². The number of carbonyl (C=O) groups is 2. The second kappa shape index (κ2) is 42.1. The predicted octanol–water partition coefficient (Wildman–Crippen LogP) is 12.5. The van der Waals surface area contributed by atoms with Crippen LogP contribution in [0.1, 0.15) is 168 Å². The van der Waals surface area contributed by atoms with Gasteiger partial charge in [-0.2, -0.15) is 0 Å². The van der Waals surface area contributed by atoms with Crippen LogP contribution in [-0.2, 0) is 32.7 Å². The molecule has 0 fully saturated rings. The average molecular weight is 806 g/mol. The van der Waals surface area contributed by atoms with Crippen molar-refractivity contribution in [2.45, 2.75) is 174 Å². The number of ether oxygens (including phenoxy) is 2. The molecule has 0 aliphatic carbocycles. The van der Waals surface area contributed by atoms with Crippen LogP contribution in [0.15, 0.2) is 72.9 Å². The van der Waals surface area contributed by atoms with Gasteiger partial charge >= 0.3 is 19.8 Å². The average Bonchev–Trinajstić information content (AvgIpc) is 3.18. The van der Waals surface area contributed by atoms with E-state index in [9.17, 15) is 19.0 Å². The molecule has 322 valence electrons. The quantitative estimate of drug-likeness (QED) is 0.0270. The summed E-state index contributed by atoms with van der Waals surface area (Å²) >= 11 is 0. The van der Waals surface area contributed by atoms with Gasteiger partial charge in [0.25, 0.3) is 0 Å². The minimum atomic E-state index is -4.37. The second-order valence-electron chi connectivity index (χ2n) is 14.2. The molecule has 0 aromatic heterocycles. The smallest absolute Gasteiger partial charge is 0.462 e. The lowest BCUT2D eigenvalue weighted by Crippen LogP contribution is -2.29. The topological polar surface area (TPSA) is 120 Å². The van der Waals surface area contributed by atoms with Crippen LogP contribution in [0.4, 0.5) is 0 Å². The highest BCUT2D eigenvalue weighted by molar-refractivity contribution is 7.47. The number of hydrogen-bond acceptors (Lipinski definition) is 8. The van der Waals surface area contributed by atoms with Crippen LogP contribution in [0.25, 0.3) is 0 Å². The fraction of sp³-hybridized carbons (Fsp3) is 0.696. The van der Waals surface area contributed by atoms with Crippen LogP contribution in [0.5, 0.6) is 0 Å². The van der Waals surface area contributed by atoms with Gasteiger partial charge in [0.2, 0.25) is 0 Å². The molecule has 0 bridgehead atoms. The van der Waals surface area contributed by atoms with Gasteiger partial charge in [0.05, 0.1) is 13.2 Å². The molecule has 2 unspecified atom stereocenters. The lowest BCUT2D eigenvalue weighted by molar-refractivity contribution is -0.161. The molecule has 0 aromatic carbocycles. The third kappa shape index (κ3) is 41.1. The molecular weight excluding hydrogens is 725 g/mol. The van der Waals surface area contributed by atoms with E-state index in [1.54, 1.807) is 7.05 Å². The van der Waals surface area contributed by atoms with E-state index in [-0.39, 0.29) is 26.1 Å². The molecule has 2 atom stereocenters. The van der Waals surface area contributed by atoms with Crippen molar-refractivity contribution in [2.75, 3.05) is 33.4 Å². The number of hydrogen-bond donors (Lipinski definition) is 2. The molecule has 10 heteroatoms. The Morgan fingerprint density at radius 3 is 1.52 bits per heavy atom. The van der Waals surface area contributed by atoms with Crippen molar-refractivity contribution < 1.29 is 37.6 Å². The zero-order chi connectivity index (χ0) is 41.1. The number of phosphoric acid groups is 1. The maximum Gasteiger partial charge on any atom is 0.472 e. The molecule has 0 saturated carbocycles. The number of rotatable bonds is 40. The minimum Gasteiger partial charge on any atom is -0.462 e. The molecule has 0 spiro atoms. The van der Waals surface area contributed by atoms with E-state index in [0.29, 0.717) is 19.4 Å². The van der Waals surface area contributed by atoms with Crippen molar-refractivity contribution in [3.8, 4) is 0 Å². The van der Waals surface area contributed by atoms with Crippen molar-refractivity contribution in [1.82, 2.24) is 5.32 Å². The van der Waals surface area contributed by atoms with Crippen molar-refractivity contribution in [1.29, 1.82) is 0 Å². The van der Waals surface area contributed by atoms with E-state index in [4.69, 9.17) is 18.5 Å². The van der Waals surface area contributed by atoms with Gasteiger partial charge in [0.15, 0.2) is 6.10 Å². The van der Waals surface area contributed by atoms with E-state index >= 15 is 0 Å². The van der Waals surface area contributed by atoms with Gasteiger partial charge in [-0.25, -0.2) is 4.57 Å². The zero-order valence-electron chi connectivity index (χ0n) is 35.6. The maximum atomic E-state index is 12.6. The summed E-state index contributed by atoms with van der Waals surface area (Å²) in [6, 6.07) is 0. The fourth-order valence-corrected chi connectivity index (χ4v) is 6.21. The Morgan fingerprint density at radius 2 is 0.982 bits per heavy atom. The number of nitrogens with one attached hydrogen (secondary N) is 1. The van der Waals surface area contributed by atoms with Gasteiger partial charge in [0.1, 0.15) is 6.61 Å². The van der Waals surface area contributed by atoms with E-state index in [0.717, 1.165) is 64.2 Å². The molecule has 0 saturated heterocycles. The Kier molecular flexibility index (Phi) is 40.2. The molecule has 0 amide bonds. The molecule has 56 heavy (non-hydrogen) atoms. The number of allylic oxidation sites excluding steroid dienone is 12. The number of phosphoric ester groups is 1. The van der Waals surface area contributed by atoms with E-state index < -0.39 is 32.5 Å². The van der Waals surface area contributed by atoms with Gasteiger partial charge < -0.3 is 19.7 Å². The van der Waals surface area contributed by atoms with Crippen molar-refractivity contribution >= 4 is 19.8 Å². The summed E-state index contributed by atoms with van der Waals surface area (Å²) in [6.07, 6.45) is 49.5. The van der Waals surface area contributed by atoms with Crippen LogP contribution in [0.3, 0.4) is 0 Å². The minimum absolute atomic E-state index is 0.0326. The van der Waals surface area contributed by atoms with Crippen LogP contribution in [0.2, 0.25) is 0 Å². The van der Waals surface area contributed by atoms with Crippen LogP contribution in [0, 0.1) is 0 Å². The highest BCUT2D eigenvalue weighted by Crippen LogP contribution is 2.43. The zero-order valence-corrected chi connectivity index (χ0v) is 36.5. The van der Waals surface area contributed by atoms with E-state index in [2.05, 4.69) is 92.1 Å². The van der Waals surface area contributed by atoms with Gasteiger partial charge in [-0.05, 0) is 90.5 Å². The highest BCUT2D eigenvalue weighted by Gasteiger charge is 2.26.